The molecule has 0 aliphatic heterocycles. The summed E-state index contributed by atoms with van der Waals surface area (Å²) in [4.78, 5) is 20.1. The Morgan fingerprint density at radius 2 is 1.69 bits per heavy atom. The number of hydrogen-bond donors (Lipinski definition) is 0. The molecule has 1 heterocycles. The van der Waals surface area contributed by atoms with Gasteiger partial charge in [-0.15, -0.1) is 0 Å². The van der Waals surface area contributed by atoms with Gasteiger partial charge in [-0.25, -0.2) is 9.97 Å². The van der Waals surface area contributed by atoms with Crippen LogP contribution in [0.5, 0.6) is 0 Å². The Bertz CT molecular complexity index is 947. The third-order valence-corrected chi connectivity index (χ3v) is 5.80. The molecule has 29 heavy (non-hydrogen) atoms. The number of fused-ring (bicyclic) bond motifs is 1. The van der Waals surface area contributed by atoms with Crippen molar-refractivity contribution < 1.29 is 9.53 Å². The topological polar surface area (TPSA) is 52.1 Å². The average molecular weight is 391 g/mol. The Kier molecular flexibility index (Phi) is 6.07. The Morgan fingerprint density at radius 3 is 2.34 bits per heavy atom. The van der Waals surface area contributed by atoms with Crippen LogP contribution in [0.1, 0.15) is 82.0 Å². The Hall–Kier alpha value is -2.67. The Morgan fingerprint density at radius 1 is 1.03 bits per heavy atom. The predicted molar refractivity (Wildman–Crippen MR) is 115 cm³/mol. The summed E-state index contributed by atoms with van der Waals surface area (Å²) < 4.78 is 4.94. The zero-order chi connectivity index (χ0) is 21.1. The molecule has 3 rings (SSSR count). The molecule has 0 radical (unpaired) electrons. The lowest BCUT2D eigenvalue weighted by molar-refractivity contribution is -0.143. The lowest BCUT2D eigenvalue weighted by Crippen LogP contribution is -2.33. The van der Waals surface area contributed by atoms with Gasteiger partial charge in [0, 0.05) is 24.4 Å². The van der Waals surface area contributed by atoms with Gasteiger partial charge in [-0.05, 0) is 71.8 Å². The van der Waals surface area contributed by atoms with Crippen molar-refractivity contribution in [3.05, 3.63) is 58.7 Å². The second kappa shape index (κ2) is 8.37. The van der Waals surface area contributed by atoms with Crippen molar-refractivity contribution in [3.63, 3.8) is 0 Å². The van der Waals surface area contributed by atoms with Gasteiger partial charge in [0.05, 0.1) is 6.61 Å². The molecule has 0 saturated heterocycles. The summed E-state index contributed by atoms with van der Waals surface area (Å²) in [6, 6.07) is 6.57. The van der Waals surface area contributed by atoms with E-state index in [-0.39, 0.29) is 16.8 Å². The monoisotopic (exact) mass is 390 g/mol. The number of nitrogens with zero attached hydrogens (tertiary/aromatic N) is 2. The molecule has 0 N–H and O–H groups in total. The van der Waals surface area contributed by atoms with Crippen LogP contribution in [0.4, 0.5) is 0 Å². The van der Waals surface area contributed by atoms with Gasteiger partial charge < -0.3 is 4.74 Å². The number of ether oxygens (including phenoxy) is 1. The highest BCUT2D eigenvalue weighted by Gasteiger charge is 2.36. The van der Waals surface area contributed by atoms with E-state index in [9.17, 15) is 4.79 Å². The minimum Gasteiger partial charge on any atom is -0.466 e. The zero-order valence-corrected chi connectivity index (χ0v) is 18.1. The molecule has 152 valence electrons. The van der Waals surface area contributed by atoms with E-state index in [1.807, 2.05) is 0 Å². The maximum atomic E-state index is 11.4. The van der Waals surface area contributed by atoms with E-state index >= 15 is 0 Å². The van der Waals surface area contributed by atoms with Crippen LogP contribution in [0.3, 0.4) is 0 Å². The summed E-state index contributed by atoms with van der Waals surface area (Å²) >= 11 is 0. The standard InChI is InChI=1S/C25H30N2O2/c1-6-29-23(28)12-9-19-16-26-22(27-17-19)11-8-18-7-10-20-21(15-18)25(4,5)14-13-24(20,2)3/h7,10,15-17H,6,9,12-14H2,1-5H3. The number of rotatable bonds is 4. The van der Waals surface area contributed by atoms with Crippen LogP contribution in [-0.2, 0) is 26.8 Å². The quantitative estimate of drug-likeness (QED) is 0.560. The lowest BCUT2D eigenvalue weighted by Gasteiger charge is -2.41. The zero-order valence-electron chi connectivity index (χ0n) is 18.1. The van der Waals surface area contributed by atoms with Crippen molar-refractivity contribution in [2.24, 2.45) is 0 Å². The molecule has 0 unspecified atom stereocenters. The maximum absolute atomic E-state index is 11.4. The SMILES string of the molecule is CCOC(=O)CCc1cnc(C#Cc2ccc3c(c2)C(C)(C)CCC3(C)C)nc1. The number of hydrogen-bond acceptors (Lipinski definition) is 4. The fraction of sp³-hybridized carbons (Fsp3) is 0.480. The molecule has 0 spiro atoms. The van der Waals surface area contributed by atoms with Gasteiger partial charge >= 0.3 is 5.97 Å². The van der Waals surface area contributed by atoms with E-state index in [1.165, 1.54) is 24.0 Å². The largest absolute Gasteiger partial charge is 0.466 e. The molecular formula is C25H30N2O2. The molecule has 1 aromatic carbocycles. The first kappa shape index (κ1) is 21.0. The molecule has 0 bridgehead atoms. The van der Waals surface area contributed by atoms with Gasteiger partial charge in [0.2, 0.25) is 5.82 Å². The first-order valence-electron chi connectivity index (χ1n) is 10.3. The highest BCUT2D eigenvalue weighted by Crippen LogP contribution is 2.45. The Labute approximate surface area is 174 Å². The van der Waals surface area contributed by atoms with Crippen molar-refractivity contribution in [1.82, 2.24) is 9.97 Å². The van der Waals surface area contributed by atoms with Crippen molar-refractivity contribution in [3.8, 4) is 11.8 Å². The third kappa shape index (κ3) is 5.03. The fourth-order valence-corrected chi connectivity index (χ4v) is 3.82. The van der Waals surface area contributed by atoms with Crippen molar-refractivity contribution in [2.45, 2.75) is 71.1 Å². The van der Waals surface area contributed by atoms with Gasteiger partial charge in [0.15, 0.2) is 0 Å². The second-order valence-corrected chi connectivity index (χ2v) is 9.00. The number of carbonyl (C=O) groups excluding carboxylic acids is 1. The highest BCUT2D eigenvalue weighted by molar-refractivity contribution is 5.69. The normalized spacial score (nSPS) is 16.3. The minimum atomic E-state index is -0.199. The molecule has 1 aliphatic rings. The fourth-order valence-electron chi connectivity index (χ4n) is 3.82. The van der Waals surface area contributed by atoms with E-state index in [4.69, 9.17) is 4.74 Å². The molecule has 2 aromatic rings. The van der Waals surface area contributed by atoms with Gasteiger partial charge in [0.25, 0.3) is 0 Å². The number of benzene rings is 1. The molecule has 0 saturated carbocycles. The van der Waals surface area contributed by atoms with Crippen LogP contribution in [0, 0.1) is 11.8 Å². The molecule has 1 aliphatic carbocycles. The van der Waals surface area contributed by atoms with Crippen molar-refractivity contribution in [2.75, 3.05) is 6.61 Å². The van der Waals surface area contributed by atoms with Crippen molar-refractivity contribution >= 4 is 5.97 Å². The summed E-state index contributed by atoms with van der Waals surface area (Å²) in [7, 11) is 0. The molecular weight excluding hydrogens is 360 g/mol. The summed E-state index contributed by atoms with van der Waals surface area (Å²) in [5.41, 5.74) is 5.10. The van der Waals surface area contributed by atoms with Crippen LogP contribution in [0.25, 0.3) is 0 Å². The Balaban J connectivity index is 1.74. The molecule has 4 nitrogen and oxygen atoms in total. The van der Waals surface area contributed by atoms with E-state index < -0.39 is 0 Å². The smallest absolute Gasteiger partial charge is 0.306 e. The number of aryl methyl sites for hydroxylation is 1. The summed E-state index contributed by atoms with van der Waals surface area (Å²) in [5, 5.41) is 0. The van der Waals surface area contributed by atoms with Crippen LogP contribution in [-0.4, -0.2) is 22.5 Å². The first-order chi connectivity index (χ1) is 13.7. The molecule has 4 heteroatoms. The minimum absolute atomic E-state index is 0.166. The van der Waals surface area contributed by atoms with Gasteiger partial charge in [-0.2, -0.15) is 0 Å². The third-order valence-electron chi connectivity index (χ3n) is 5.80. The number of aromatic nitrogens is 2. The molecule has 1 aromatic heterocycles. The summed E-state index contributed by atoms with van der Waals surface area (Å²) in [6.07, 6.45) is 6.75. The first-order valence-corrected chi connectivity index (χ1v) is 10.3. The maximum Gasteiger partial charge on any atom is 0.306 e. The average Bonchev–Trinajstić information content (AvgIpc) is 2.69. The van der Waals surface area contributed by atoms with E-state index in [0.717, 1.165) is 11.1 Å². The summed E-state index contributed by atoms with van der Waals surface area (Å²) in [5.74, 6) is 6.57. The van der Waals surface area contributed by atoms with Crippen LogP contribution < -0.4 is 0 Å². The van der Waals surface area contributed by atoms with E-state index in [1.54, 1.807) is 19.3 Å². The molecule has 0 amide bonds. The molecule has 0 fully saturated rings. The van der Waals surface area contributed by atoms with Crippen LogP contribution >= 0.6 is 0 Å². The number of esters is 1. The summed E-state index contributed by atoms with van der Waals surface area (Å²) in [6.45, 7) is 11.5. The lowest BCUT2D eigenvalue weighted by atomic mass is 9.63. The van der Waals surface area contributed by atoms with Crippen LogP contribution in [0.15, 0.2) is 30.6 Å². The predicted octanol–water partition coefficient (Wildman–Crippen LogP) is 4.72. The van der Waals surface area contributed by atoms with E-state index in [0.29, 0.717) is 25.3 Å². The highest BCUT2D eigenvalue weighted by atomic mass is 16.5. The van der Waals surface area contributed by atoms with E-state index in [2.05, 4.69) is 67.7 Å². The van der Waals surface area contributed by atoms with Crippen LogP contribution in [0.2, 0.25) is 0 Å². The second-order valence-electron chi connectivity index (χ2n) is 9.00. The van der Waals surface area contributed by atoms with Crippen molar-refractivity contribution in [1.29, 1.82) is 0 Å². The van der Waals surface area contributed by atoms with Gasteiger partial charge in [-0.3, -0.25) is 4.79 Å². The van der Waals surface area contributed by atoms with Gasteiger partial charge in [-0.1, -0.05) is 39.7 Å². The van der Waals surface area contributed by atoms with Gasteiger partial charge in [0.1, 0.15) is 0 Å². The number of carbonyl (C=O) groups is 1. The molecule has 0 atom stereocenters.